The highest BCUT2D eigenvalue weighted by molar-refractivity contribution is 9.10. The van der Waals surface area contributed by atoms with E-state index >= 15 is 0 Å². The Balaban J connectivity index is 2.08. The summed E-state index contributed by atoms with van der Waals surface area (Å²) in [4.78, 5) is 24.3. The highest BCUT2D eigenvalue weighted by atomic mass is 79.9. The summed E-state index contributed by atoms with van der Waals surface area (Å²) in [6, 6.07) is 3.66. The second-order valence-corrected chi connectivity index (χ2v) is 6.18. The molecule has 1 amide bonds. The predicted molar refractivity (Wildman–Crippen MR) is 90.3 cm³/mol. The first-order valence-corrected chi connectivity index (χ1v) is 7.97. The standard InChI is InChI=1S/C16H17BrFN3O3/c1-8-14(9(2)21(4)20-8)19-15(22)10(3)24-16(23)12-7-11(18)5-6-13(12)17/h5-7,10H,1-4H3,(H,19,22)/t10-/m0/s1. The molecular weight excluding hydrogens is 381 g/mol. The van der Waals surface area contributed by atoms with Crippen LogP contribution >= 0.6 is 15.9 Å². The fraction of sp³-hybridized carbons (Fsp3) is 0.312. The van der Waals surface area contributed by atoms with Crippen LogP contribution in [0.3, 0.4) is 0 Å². The average Bonchev–Trinajstić information content (AvgIpc) is 2.75. The Hall–Kier alpha value is -2.22. The van der Waals surface area contributed by atoms with Gasteiger partial charge in [-0.25, -0.2) is 9.18 Å². The maximum Gasteiger partial charge on any atom is 0.340 e. The normalized spacial score (nSPS) is 11.9. The summed E-state index contributed by atoms with van der Waals surface area (Å²) in [5.41, 5.74) is 2.04. The third kappa shape index (κ3) is 3.81. The van der Waals surface area contributed by atoms with Crippen molar-refractivity contribution < 1.29 is 18.7 Å². The van der Waals surface area contributed by atoms with Gasteiger partial charge in [-0.15, -0.1) is 0 Å². The first-order valence-electron chi connectivity index (χ1n) is 7.17. The molecule has 0 unspecified atom stereocenters. The first kappa shape index (κ1) is 18.1. The zero-order valence-electron chi connectivity index (χ0n) is 13.7. The van der Waals surface area contributed by atoms with Gasteiger partial charge in [0.05, 0.1) is 22.6 Å². The molecule has 2 aromatic rings. The monoisotopic (exact) mass is 397 g/mol. The van der Waals surface area contributed by atoms with Gasteiger partial charge in [-0.05, 0) is 54.9 Å². The van der Waals surface area contributed by atoms with Crippen molar-refractivity contribution >= 4 is 33.5 Å². The molecule has 24 heavy (non-hydrogen) atoms. The summed E-state index contributed by atoms with van der Waals surface area (Å²) < 4.78 is 20.4. The van der Waals surface area contributed by atoms with Gasteiger partial charge in [0.1, 0.15) is 5.82 Å². The van der Waals surface area contributed by atoms with Gasteiger partial charge >= 0.3 is 5.97 Å². The lowest BCUT2D eigenvalue weighted by atomic mass is 10.2. The van der Waals surface area contributed by atoms with Crippen LogP contribution in [0.4, 0.5) is 10.1 Å². The van der Waals surface area contributed by atoms with E-state index in [1.54, 1.807) is 18.7 Å². The lowest BCUT2D eigenvalue weighted by molar-refractivity contribution is -0.123. The molecule has 1 heterocycles. The van der Waals surface area contributed by atoms with Crippen LogP contribution in [0.1, 0.15) is 28.7 Å². The van der Waals surface area contributed by atoms with Crippen molar-refractivity contribution in [1.82, 2.24) is 9.78 Å². The number of esters is 1. The van der Waals surface area contributed by atoms with Gasteiger partial charge in [-0.3, -0.25) is 9.48 Å². The quantitative estimate of drug-likeness (QED) is 0.804. The van der Waals surface area contributed by atoms with E-state index < -0.39 is 23.8 Å². The number of ether oxygens (including phenoxy) is 1. The lowest BCUT2D eigenvalue weighted by Gasteiger charge is -2.14. The van der Waals surface area contributed by atoms with E-state index in [0.717, 1.165) is 11.8 Å². The van der Waals surface area contributed by atoms with Crippen LogP contribution in [0.2, 0.25) is 0 Å². The third-order valence-corrected chi connectivity index (χ3v) is 4.25. The van der Waals surface area contributed by atoms with E-state index in [4.69, 9.17) is 4.74 Å². The molecule has 2 rings (SSSR count). The molecule has 1 aromatic heterocycles. The van der Waals surface area contributed by atoms with Gasteiger partial charge in [-0.2, -0.15) is 5.10 Å². The number of carbonyl (C=O) groups excluding carboxylic acids is 2. The molecule has 1 N–H and O–H groups in total. The molecule has 0 aliphatic heterocycles. The lowest BCUT2D eigenvalue weighted by Crippen LogP contribution is -2.30. The molecule has 0 spiro atoms. The van der Waals surface area contributed by atoms with Crippen LogP contribution in [-0.4, -0.2) is 27.8 Å². The molecule has 0 saturated carbocycles. The van der Waals surface area contributed by atoms with Crippen molar-refractivity contribution in [2.75, 3.05) is 5.32 Å². The largest absolute Gasteiger partial charge is 0.449 e. The molecule has 0 bridgehead atoms. The minimum absolute atomic E-state index is 0.0170. The van der Waals surface area contributed by atoms with E-state index in [-0.39, 0.29) is 5.56 Å². The van der Waals surface area contributed by atoms with Crippen LogP contribution in [0.15, 0.2) is 22.7 Å². The van der Waals surface area contributed by atoms with Gasteiger partial charge in [0, 0.05) is 11.5 Å². The van der Waals surface area contributed by atoms with Gasteiger partial charge in [-0.1, -0.05) is 0 Å². The molecule has 0 saturated heterocycles. The van der Waals surface area contributed by atoms with Gasteiger partial charge in [0.2, 0.25) is 0 Å². The van der Waals surface area contributed by atoms with Crippen molar-refractivity contribution in [2.24, 2.45) is 7.05 Å². The van der Waals surface area contributed by atoms with Crippen LogP contribution in [0, 0.1) is 19.7 Å². The highest BCUT2D eigenvalue weighted by Gasteiger charge is 2.22. The highest BCUT2D eigenvalue weighted by Crippen LogP contribution is 2.21. The number of hydrogen-bond donors (Lipinski definition) is 1. The first-order chi connectivity index (χ1) is 11.2. The Kier molecular flexibility index (Phi) is 5.38. The Morgan fingerprint density at radius 3 is 2.62 bits per heavy atom. The van der Waals surface area contributed by atoms with Crippen LogP contribution in [0.5, 0.6) is 0 Å². The molecular formula is C16H17BrFN3O3. The van der Waals surface area contributed by atoms with Crippen molar-refractivity contribution in [3.63, 3.8) is 0 Å². The summed E-state index contributed by atoms with van der Waals surface area (Å²) in [7, 11) is 1.77. The van der Waals surface area contributed by atoms with Gasteiger partial charge in [0.15, 0.2) is 6.10 Å². The molecule has 128 valence electrons. The van der Waals surface area contributed by atoms with Crippen molar-refractivity contribution in [1.29, 1.82) is 0 Å². The van der Waals surface area contributed by atoms with Crippen molar-refractivity contribution in [3.8, 4) is 0 Å². The van der Waals surface area contributed by atoms with Crippen molar-refractivity contribution in [2.45, 2.75) is 26.9 Å². The number of amides is 1. The molecule has 1 atom stereocenters. The molecule has 0 aliphatic carbocycles. The number of carbonyl (C=O) groups is 2. The van der Waals surface area contributed by atoms with Crippen LogP contribution in [-0.2, 0) is 16.6 Å². The molecule has 8 heteroatoms. The summed E-state index contributed by atoms with van der Waals surface area (Å²) in [6.45, 7) is 5.03. The number of aromatic nitrogens is 2. The molecule has 0 radical (unpaired) electrons. The number of nitrogens with one attached hydrogen (secondary N) is 1. The smallest absolute Gasteiger partial charge is 0.340 e. The number of anilines is 1. The maximum absolute atomic E-state index is 13.3. The van der Waals surface area contributed by atoms with Gasteiger partial charge in [0.25, 0.3) is 5.91 Å². The maximum atomic E-state index is 13.3. The molecule has 6 nitrogen and oxygen atoms in total. The third-order valence-electron chi connectivity index (χ3n) is 3.56. The number of halogens is 2. The van der Waals surface area contributed by atoms with Crippen LogP contribution in [0.25, 0.3) is 0 Å². The minimum Gasteiger partial charge on any atom is -0.449 e. The molecule has 0 fully saturated rings. The summed E-state index contributed by atoms with van der Waals surface area (Å²) >= 11 is 3.15. The number of nitrogens with zero attached hydrogens (tertiary/aromatic N) is 2. The summed E-state index contributed by atoms with van der Waals surface area (Å²) in [5, 5.41) is 6.90. The molecule has 0 aliphatic rings. The van der Waals surface area contributed by atoms with Gasteiger partial charge < -0.3 is 10.1 Å². The fourth-order valence-corrected chi connectivity index (χ4v) is 2.52. The fourth-order valence-electron chi connectivity index (χ4n) is 2.11. The zero-order valence-corrected chi connectivity index (χ0v) is 15.3. The summed E-state index contributed by atoms with van der Waals surface area (Å²) in [6.07, 6.45) is -1.05. The predicted octanol–water partition coefficient (Wildman–Crippen LogP) is 3.12. The van der Waals surface area contributed by atoms with E-state index in [1.807, 2.05) is 6.92 Å². The van der Waals surface area contributed by atoms with E-state index in [1.165, 1.54) is 19.1 Å². The Bertz CT molecular complexity index is 804. The second-order valence-electron chi connectivity index (χ2n) is 5.33. The van der Waals surface area contributed by atoms with E-state index in [2.05, 4.69) is 26.3 Å². The van der Waals surface area contributed by atoms with E-state index in [0.29, 0.717) is 15.9 Å². The number of aryl methyl sites for hydroxylation is 2. The number of rotatable bonds is 4. The number of benzene rings is 1. The number of hydrogen-bond acceptors (Lipinski definition) is 4. The Labute approximate surface area is 147 Å². The average molecular weight is 398 g/mol. The Morgan fingerprint density at radius 1 is 1.38 bits per heavy atom. The zero-order chi connectivity index (χ0) is 18.0. The molecule has 1 aromatic carbocycles. The summed E-state index contributed by atoms with van der Waals surface area (Å²) in [5.74, 6) is -1.84. The van der Waals surface area contributed by atoms with Crippen LogP contribution < -0.4 is 5.32 Å². The minimum atomic E-state index is -1.05. The second kappa shape index (κ2) is 7.12. The topological polar surface area (TPSA) is 73.2 Å². The SMILES string of the molecule is Cc1nn(C)c(C)c1NC(=O)[C@H](C)OC(=O)c1cc(F)ccc1Br. The Morgan fingerprint density at radius 2 is 2.04 bits per heavy atom. The van der Waals surface area contributed by atoms with Crippen molar-refractivity contribution in [3.05, 3.63) is 45.4 Å². The van der Waals surface area contributed by atoms with E-state index in [9.17, 15) is 14.0 Å².